The minimum absolute atomic E-state index is 0.129. The Bertz CT molecular complexity index is 964. The van der Waals surface area contributed by atoms with Gasteiger partial charge in [-0.3, -0.25) is 4.79 Å². The molecule has 1 aliphatic rings. The Kier molecular flexibility index (Phi) is 4.31. The Labute approximate surface area is 160 Å². The zero-order valence-electron chi connectivity index (χ0n) is 15.8. The summed E-state index contributed by atoms with van der Waals surface area (Å²) in [6.45, 7) is 4.14. The number of ketones is 1. The van der Waals surface area contributed by atoms with E-state index in [0.29, 0.717) is 18.6 Å². The normalized spacial score (nSPS) is 19.3. The SMILES string of the molecule is CC1(C)CC(=N)C(c2cc(-c3ccccc3)[nH]c2-c2ccccc2)C(=O)C1. The highest BCUT2D eigenvalue weighted by molar-refractivity contribution is 6.12. The zero-order chi connectivity index (χ0) is 19.0. The lowest BCUT2D eigenvalue weighted by Crippen LogP contribution is -2.35. The highest BCUT2D eigenvalue weighted by atomic mass is 16.1. The minimum Gasteiger partial charge on any atom is -0.354 e. The van der Waals surface area contributed by atoms with Gasteiger partial charge in [-0.15, -0.1) is 0 Å². The van der Waals surface area contributed by atoms with E-state index in [1.54, 1.807) is 0 Å². The van der Waals surface area contributed by atoms with Crippen molar-refractivity contribution in [3.63, 3.8) is 0 Å². The lowest BCUT2D eigenvalue weighted by molar-refractivity contribution is -0.121. The van der Waals surface area contributed by atoms with Crippen molar-refractivity contribution >= 4 is 11.5 Å². The summed E-state index contributed by atoms with van der Waals surface area (Å²) in [4.78, 5) is 16.5. The number of carbonyl (C=O) groups is 1. The second kappa shape index (κ2) is 6.66. The molecule has 2 N–H and O–H groups in total. The van der Waals surface area contributed by atoms with E-state index in [1.165, 1.54) is 0 Å². The average Bonchev–Trinajstić information content (AvgIpc) is 3.06. The van der Waals surface area contributed by atoms with E-state index in [-0.39, 0.29) is 11.2 Å². The first-order valence-electron chi connectivity index (χ1n) is 9.38. The maximum absolute atomic E-state index is 13.0. The van der Waals surface area contributed by atoms with Crippen LogP contribution >= 0.6 is 0 Å². The third kappa shape index (κ3) is 3.37. The predicted molar refractivity (Wildman–Crippen MR) is 110 cm³/mol. The van der Waals surface area contributed by atoms with Crippen LogP contribution in [0, 0.1) is 10.8 Å². The van der Waals surface area contributed by atoms with Gasteiger partial charge in [0.15, 0.2) is 0 Å². The molecule has 2 aromatic carbocycles. The standard InChI is InChI=1S/C24H24N2O/c1-24(2)14-19(25)22(21(27)15-24)18-13-20(16-9-5-3-6-10-16)26-23(18)17-11-7-4-8-12-17/h3-13,22,25-26H,14-15H2,1-2H3. The van der Waals surface area contributed by atoms with Crippen molar-refractivity contribution in [1.82, 2.24) is 4.98 Å². The van der Waals surface area contributed by atoms with Gasteiger partial charge in [-0.2, -0.15) is 0 Å². The van der Waals surface area contributed by atoms with Gasteiger partial charge in [0.25, 0.3) is 0 Å². The van der Waals surface area contributed by atoms with E-state index < -0.39 is 5.92 Å². The molecule has 1 aromatic heterocycles. The van der Waals surface area contributed by atoms with Gasteiger partial charge in [0.05, 0.1) is 11.6 Å². The van der Waals surface area contributed by atoms with Gasteiger partial charge in [0.1, 0.15) is 5.78 Å². The monoisotopic (exact) mass is 356 g/mol. The molecule has 4 rings (SSSR count). The Morgan fingerprint density at radius 1 is 0.926 bits per heavy atom. The Hall–Kier alpha value is -2.94. The van der Waals surface area contributed by atoms with E-state index in [4.69, 9.17) is 5.41 Å². The first kappa shape index (κ1) is 17.5. The smallest absolute Gasteiger partial charge is 0.146 e. The van der Waals surface area contributed by atoms with Gasteiger partial charge in [0.2, 0.25) is 0 Å². The van der Waals surface area contributed by atoms with Crippen LogP contribution in [-0.4, -0.2) is 16.5 Å². The number of hydrogen-bond acceptors (Lipinski definition) is 2. The first-order chi connectivity index (χ1) is 12.9. The topological polar surface area (TPSA) is 56.7 Å². The van der Waals surface area contributed by atoms with Crippen molar-refractivity contribution < 1.29 is 4.79 Å². The van der Waals surface area contributed by atoms with E-state index in [2.05, 4.69) is 37.0 Å². The molecule has 1 saturated carbocycles. The van der Waals surface area contributed by atoms with Crippen molar-refractivity contribution in [2.75, 3.05) is 0 Å². The number of aromatic nitrogens is 1. The predicted octanol–water partition coefficient (Wildman–Crippen LogP) is 5.84. The number of nitrogens with one attached hydrogen (secondary N) is 2. The maximum atomic E-state index is 13.0. The Morgan fingerprint density at radius 2 is 1.52 bits per heavy atom. The highest BCUT2D eigenvalue weighted by Crippen LogP contribution is 2.42. The molecular formula is C24H24N2O. The van der Waals surface area contributed by atoms with Crippen molar-refractivity contribution in [3.05, 3.63) is 72.3 Å². The van der Waals surface area contributed by atoms with Crippen LogP contribution in [-0.2, 0) is 4.79 Å². The lowest BCUT2D eigenvalue weighted by atomic mass is 9.69. The Balaban J connectivity index is 1.85. The summed E-state index contributed by atoms with van der Waals surface area (Å²) < 4.78 is 0. The number of carbonyl (C=O) groups excluding carboxylic acids is 1. The number of aromatic amines is 1. The van der Waals surface area contributed by atoms with Gasteiger partial charge in [-0.1, -0.05) is 74.5 Å². The molecule has 1 heterocycles. The molecule has 0 radical (unpaired) electrons. The molecule has 1 fully saturated rings. The fourth-order valence-electron chi connectivity index (χ4n) is 4.12. The molecule has 1 atom stereocenters. The average molecular weight is 356 g/mol. The van der Waals surface area contributed by atoms with Gasteiger partial charge in [0, 0.05) is 17.8 Å². The summed E-state index contributed by atoms with van der Waals surface area (Å²) in [5, 5.41) is 8.61. The molecule has 3 heteroatoms. The molecule has 27 heavy (non-hydrogen) atoms. The summed E-state index contributed by atoms with van der Waals surface area (Å²) >= 11 is 0. The quantitative estimate of drug-likeness (QED) is 0.608. The van der Waals surface area contributed by atoms with Crippen LogP contribution in [0.4, 0.5) is 0 Å². The summed E-state index contributed by atoms with van der Waals surface area (Å²) in [5.41, 5.74) is 5.36. The van der Waals surface area contributed by atoms with Gasteiger partial charge in [-0.05, 0) is 34.6 Å². The van der Waals surface area contributed by atoms with E-state index in [1.807, 2.05) is 48.5 Å². The largest absolute Gasteiger partial charge is 0.354 e. The van der Waals surface area contributed by atoms with Crippen molar-refractivity contribution in [2.45, 2.75) is 32.6 Å². The lowest BCUT2D eigenvalue weighted by Gasteiger charge is -2.34. The molecule has 136 valence electrons. The molecule has 3 nitrogen and oxygen atoms in total. The molecule has 0 spiro atoms. The summed E-state index contributed by atoms with van der Waals surface area (Å²) in [7, 11) is 0. The second-order valence-electron chi connectivity index (χ2n) is 8.19. The minimum atomic E-state index is -0.457. The van der Waals surface area contributed by atoms with Crippen LogP contribution in [0.2, 0.25) is 0 Å². The van der Waals surface area contributed by atoms with Crippen LogP contribution in [0.15, 0.2) is 66.7 Å². The summed E-state index contributed by atoms with van der Waals surface area (Å²) in [6.07, 6.45) is 1.17. The third-order valence-electron chi connectivity index (χ3n) is 5.30. The first-order valence-corrected chi connectivity index (χ1v) is 9.38. The van der Waals surface area contributed by atoms with Gasteiger partial charge < -0.3 is 10.4 Å². The third-order valence-corrected chi connectivity index (χ3v) is 5.30. The fourth-order valence-corrected chi connectivity index (χ4v) is 4.12. The van der Waals surface area contributed by atoms with Gasteiger partial charge >= 0.3 is 0 Å². The van der Waals surface area contributed by atoms with Crippen molar-refractivity contribution in [3.8, 4) is 22.5 Å². The van der Waals surface area contributed by atoms with Crippen LogP contribution in [0.3, 0.4) is 0 Å². The van der Waals surface area contributed by atoms with Crippen molar-refractivity contribution in [1.29, 1.82) is 5.41 Å². The number of hydrogen-bond donors (Lipinski definition) is 2. The molecule has 1 unspecified atom stereocenters. The van der Waals surface area contributed by atoms with Crippen LogP contribution in [0.1, 0.15) is 38.2 Å². The van der Waals surface area contributed by atoms with Gasteiger partial charge in [-0.25, -0.2) is 0 Å². The number of Topliss-reactive ketones (excluding diaryl/α,β-unsaturated/α-hetero) is 1. The Morgan fingerprint density at radius 3 is 2.11 bits per heavy atom. The number of benzene rings is 2. The molecule has 0 amide bonds. The highest BCUT2D eigenvalue weighted by Gasteiger charge is 2.39. The zero-order valence-corrected chi connectivity index (χ0v) is 15.8. The van der Waals surface area contributed by atoms with Crippen LogP contribution in [0.25, 0.3) is 22.5 Å². The van der Waals surface area contributed by atoms with E-state index in [9.17, 15) is 4.79 Å². The van der Waals surface area contributed by atoms with Crippen molar-refractivity contribution in [2.24, 2.45) is 5.41 Å². The number of rotatable bonds is 3. The molecule has 0 aliphatic heterocycles. The van der Waals surface area contributed by atoms with Crippen LogP contribution in [0.5, 0.6) is 0 Å². The second-order valence-corrected chi connectivity index (χ2v) is 8.19. The van der Waals surface area contributed by atoms with E-state index in [0.717, 1.165) is 28.1 Å². The molecule has 0 saturated heterocycles. The fraction of sp³-hybridized carbons (Fsp3) is 0.250. The summed E-state index contributed by atoms with van der Waals surface area (Å²) in [5.74, 6) is -0.311. The molecule has 3 aromatic rings. The maximum Gasteiger partial charge on any atom is 0.146 e. The van der Waals surface area contributed by atoms with E-state index >= 15 is 0 Å². The number of H-pyrrole nitrogens is 1. The molecule has 0 bridgehead atoms. The van der Waals surface area contributed by atoms with Crippen LogP contribution < -0.4 is 0 Å². The molecule has 1 aliphatic carbocycles. The summed E-state index contributed by atoms with van der Waals surface area (Å²) in [6, 6.07) is 22.3. The molecular weight excluding hydrogens is 332 g/mol.